The van der Waals surface area contributed by atoms with Crippen LogP contribution < -0.4 is 10.1 Å². The van der Waals surface area contributed by atoms with Crippen molar-refractivity contribution < 1.29 is 9.13 Å². The van der Waals surface area contributed by atoms with Gasteiger partial charge in [0.25, 0.3) is 0 Å². The molecule has 1 aliphatic carbocycles. The second-order valence-electron chi connectivity index (χ2n) is 5.35. The number of likely N-dealkylation sites (N-methyl/N-ethyl adjacent to an activating group) is 1. The van der Waals surface area contributed by atoms with Crippen molar-refractivity contribution in [2.24, 2.45) is 0 Å². The second kappa shape index (κ2) is 5.82. The third-order valence-corrected chi connectivity index (χ3v) is 4.26. The van der Waals surface area contributed by atoms with E-state index in [9.17, 15) is 4.39 Å². The molecule has 0 bridgehead atoms. The molecule has 4 heteroatoms. The monoisotopic (exact) mass is 286 g/mol. The molecule has 0 fully saturated rings. The highest BCUT2D eigenvalue weighted by molar-refractivity contribution is 5.36. The van der Waals surface area contributed by atoms with Crippen LogP contribution in [0.2, 0.25) is 0 Å². The molecule has 2 atom stereocenters. The molecule has 3 rings (SSSR count). The number of rotatable bonds is 4. The summed E-state index contributed by atoms with van der Waals surface area (Å²) in [4.78, 5) is 4.51. The maximum absolute atomic E-state index is 14.4. The van der Waals surface area contributed by atoms with Gasteiger partial charge < -0.3 is 10.1 Å². The van der Waals surface area contributed by atoms with Crippen LogP contribution in [0.4, 0.5) is 4.39 Å². The predicted octanol–water partition coefficient (Wildman–Crippen LogP) is 3.22. The lowest BCUT2D eigenvalue weighted by Gasteiger charge is -2.24. The van der Waals surface area contributed by atoms with Crippen LogP contribution in [-0.2, 0) is 6.42 Å². The van der Waals surface area contributed by atoms with Crippen LogP contribution in [0.15, 0.2) is 36.5 Å². The zero-order valence-corrected chi connectivity index (χ0v) is 12.3. The van der Waals surface area contributed by atoms with E-state index in [1.807, 2.05) is 19.3 Å². The summed E-state index contributed by atoms with van der Waals surface area (Å²) in [6.07, 6.45) is 3.81. The number of aryl methyl sites for hydroxylation is 1. The zero-order valence-electron chi connectivity index (χ0n) is 12.3. The molecular formula is C17H19FN2O. The lowest BCUT2D eigenvalue weighted by Crippen LogP contribution is -2.24. The number of nitrogens with one attached hydrogen (secondary N) is 1. The van der Waals surface area contributed by atoms with Crippen LogP contribution in [0.3, 0.4) is 0 Å². The van der Waals surface area contributed by atoms with Gasteiger partial charge >= 0.3 is 0 Å². The maximum atomic E-state index is 14.4. The molecule has 0 aliphatic heterocycles. The highest BCUT2D eigenvalue weighted by Gasteiger charge is 2.32. The molecule has 3 nitrogen and oxygen atoms in total. The molecule has 0 saturated carbocycles. The topological polar surface area (TPSA) is 34.1 Å². The number of benzene rings is 1. The van der Waals surface area contributed by atoms with E-state index < -0.39 is 0 Å². The minimum atomic E-state index is -0.238. The lowest BCUT2D eigenvalue weighted by atomic mass is 9.90. The maximum Gasteiger partial charge on any atom is 0.131 e. The first-order chi connectivity index (χ1) is 10.2. The first-order valence-electron chi connectivity index (χ1n) is 7.19. The number of aromatic nitrogens is 1. The number of hydrogen-bond donors (Lipinski definition) is 1. The number of methoxy groups -OCH3 is 1. The number of pyridine rings is 1. The van der Waals surface area contributed by atoms with Gasteiger partial charge in [0, 0.05) is 35.5 Å². The van der Waals surface area contributed by atoms with Crippen molar-refractivity contribution >= 4 is 0 Å². The van der Waals surface area contributed by atoms with Gasteiger partial charge in [0.2, 0.25) is 0 Å². The van der Waals surface area contributed by atoms with E-state index >= 15 is 0 Å². The van der Waals surface area contributed by atoms with Gasteiger partial charge in [-0.05, 0) is 37.6 Å². The summed E-state index contributed by atoms with van der Waals surface area (Å²) in [5, 5.41) is 3.26. The smallest absolute Gasteiger partial charge is 0.131 e. The molecule has 0 radical (unpaired) electrons. The molecule has 0 saturated heterocycles. The van der Waals surface area contributed by atoms with Crippen LogP contribution in [0.1, 0.15) is 35.2 Å². The van der Waals surface area contributed by atoms with E-state index in [1.165, 1.54) is 11.6 Å². The number of halogens is 1. The summed E-state index contributed by atoms with van der Waals surface area (Å²) < 4.78 is 19.4. The number of nitrogens with zero attached hydrogens (tertiary/aromatic N) is 1. The first-order valence-corrected chi connectivity index (χ1v) is 7.19. The van der Waals surface area contributed by atoms with Crippen molar-refractivity contribution in [2.45, 2.75) is 24.8 Å². The van der Waals surface area contributed by atoms with Crippen molar-refractivity contribution in [3.63, 3.8) is 0 Å². The van der Waals surface area contributed by atoms with E-state index in [4.69, 9.17) is 4.74 Å². The fourth-order valence-electron chi connectivity index (χ4n) is 3.23. The predicted molar refractivity (Wildman–Crippen MR) is 80.1 cm³/mol. The van der Waals surface area contributed by atoms with Crippen LogP contribution in [0.25, 0.3) is 0 Å². The molecule has 2 aromatic rings. The Bertz CT molecular complexity index is 644. The Balaban J connectivity index is 1.97. The van der Waals surface area contributed by atoms with Crippen molar-refractivity contribution in [1.29, 1.82) is 0 Å². The van der Waals surface area contributed by atoms with Crippen LogP contribution in [-0.4, -0.2) is 19.1 Å². The first kappa shape index (κ1) is 14.0. The summed E-state index contributed by atoms with van der Waals surface area (Å²) in [5.74, 6) is 0.503. The molecule has 1 heterocycles. The Morgan fingerprint density at radius 2 is 2.24 bits per heavy atom. The molecule has 0 amide bonds. The van der Waals surface area contributed by atoms with E-state index in [0.29, 0.717) is 11.3 Å². The summed E-state index contributed by atoms with van der Waals surface area (Å²) in [6.45, 7) is 0. The van der Waals surface area contributed by atoms with E-state index in [-0.39, 0.29) is 17.8 Å². The van der Waals surface area contributed by atoms with Gasteiger partial charge in [-0.15, -0.1) is 0 Å². The number of fused-ring (bicyclic) bond motifs is 1. The van der Waals surface area contributed by atoms with Gasteiger partial charge in [-0.2, -0.15) is 0 Å². The van der Waals surface area contributed by atoms with Gasteiger partial charge in [0.1, 0.15) is 11.6 Å². The van der Waals surface area contributed by atoms with Gasteiger partial charge in [0.05, 0.1) is 7.11 Å². The zero-order chi connectivity index (χ0) is 14.8. The SMILES string of the molecule is CNC(c1ccc(OC)cc1F)C1CCc2cccnc21. The van der Waals surface area contributed by atoms with Gasteiger partial charge in [-0.1, -0.05) is 12.1 Å². The third-order valence-electron chi connectivity index (χ3n) is 4.26. The van der Waals surface area contributed by atoms with Crippen molar-refractivity contribution in [3.8, 4) is 5.75 Å². The Morgan fingerprint density at radius 3 is 2.95 bits per heavy atom. The van der Waals surface area contributed by atoms with E-state index in [0.717, 1.165) is 18.5 Å². The molecule has 110 valence electrons. The largest absolute Gasteiger partial charge is 0.497 e. The van der Waals surface area contributed by atoms with Crippen LogP contribution >= 0.6 is 0 Å². The second-order valence-corrected chi connectivity index (χ2v) is 5.35. The summed E-state index contributed by atoms with van der Waals surface area (Å²) in [5.41, 5.74) is 3.03. The molecule has 0 spiro atoms. The number of hydrogen-bond acceptors (Lipinski definition) is 3. The summed E-state index contributed by atoms with van der Waals surface area (Å²) in [6, 6.07) is 9.04. The van der Waals surface area contributed by atoms with Crippen molar-refractivity contribution in [1.82, 2.24) is 10.3 Å². The Labute approximate surface area is 124 Å². The van der Waals surface area contributed by atoms with E-state index in [1.54, 1.807) is 19.2 Å². The molecule has 1 aromatic carbocycles. The summed E-state index contributed by atoms with van der Waals surface area (Å²) >= 11 is 0. The average Bonchev–Trinajstić information content (AvgIpc) is 2.94. The average molecular weight is 286 g/mol. The Hall–Kier alpha value is -1.94. The minimum Gasteiger partial charge on any atom is -0.497 e. The third kappa shape index (κ3) is 2.51. The van der Waals surface area contributed by atoms with Gasteiger partial charge in [-0.3, -0.25) is 4.98 Å². The molecule has 1 aliphatic rings. The molecule has 2 unspecified atom stereocenters. The molecular weight excluding hydrogens is 267 g/mol. The quantitative estimate of drug-likeness (QED) is 0.937. The summed E-state index contributed by atoms with van der Waals surface area (Å²) in [7, 11) is 3.41. The Morgan fingerprint density at radius 1 is 1.38 bits per heavy atom. The van der Waals surface area contributed by atoms with Gasteiger partial charge in [-0.25, -0.2) is 4.39 Å². The molecule has 1 N–H and O–H groups in total. The Kier molecular flexibility index (Phi) is 3.88. The van der Waals surface area contributed by atoms with E-state index in [2.05, 4.69) is 16.4 Å². The minimum absolute atomic E-state index is 0.0768. The fraction of sp³-hybridized carbons (Fsp3) is 0.353. The van der Waals surface area contributed by atoms with Crippen molar-refractivity contribution in [3.05, 3.63) is 59.2 Å². The van der Waals surface area contributed by atoms with Crippen LogP contribution in [0.5, 0.6) is 5.75 Å². The normalized spacial score (nSPS) is 18.3. The lowest BCUT2D eigenvalue weighted by molar-refractivity contribution is 0.406. The fourth-order valence-corrected chi connectivity index (χ4v) is 3.23. The highest BCUT2D eigenvalue weighted by atomic mass is 19.1. The molecule has 21 heavy (non-hydrogen) atoms. The highest BCUT2D eigenvalue weighted by Crippen LogP contribution is 2.41. The standard InChI is InChI=1S/C17H19FN2O/c1-19-17(13-8-6-12(21-2)10-15(13)18)14-7-5-11-4-3-9-20-16(11)14/h3-4,6,8-10,14,17,19H,5,7H2,1-2H3. The molecule has 1 aromatic heterocycles. The van der Waals surface area contributed by atoms with Crippen molar-refractivity contribution in [2.75, 3.05) is 14.2 Å². The van der Waals surface area contributed by atoms with Gasteiger partial charge in [0.15, 0.2) is 0 Å². The number of ether oxygens (including phenoxy) is 1. The van der Waals surface area contributed by atoms with Crippen LogP contribution in [0, 0.1) is 5.82 Å².